The summed E-state index contributed by atoms with van der Waals surface area (Å²) in [4.78, 5) is 14.4. The van der Waals surface area contributed by atoms with E-state index in [1.54, 1.807) is 7.11 Å². The zero-order valence-electron chi connectivity index (χ0n) is 11.9. The lowest BCUT2D eigenvalue weighted by Gasteiger charge is -2.30. The van der Waals surface area contributed by atoms with Gasteiger partial charge in [-0.25, -0.2) is 0 Å². The first kappa shape index (κ1) is 13.9. The molecular formula is C15H22N2O2. The Bertz CT molecular complexity index is 440. The highest BCUT2D eigenvalue weighted by atomic mass is 16.5. The van der Waals surface area contributed by atoms with Gasteiger partial charge >= 0.3 is 0 Å². The third-order valence-corrected chi connectivity index (χ3v) is 3.42. The zero-order chi connectivity index (χ0) is 13.9. The van der Waals surface area contributed by atoms with Gasteiger partial charge in [-0.2, -0.15) is 0 Å². The molecule has 0 atom stereocenters. The van der Waals surface area contributed by atoms with Crippen molar-refractivity contribution < 1.29 is 9.53 Å². The third-order valence-electron chi connectivity index (χ3n) is 3.42. The lowest BCUT2D eigenvalue weighted by atomic mass is 10.1. The summed E-state index contributed by atoms with van der Waals surface area (Å²) in [7, 11) is 1.62. The van der Waals surface area contributed by atoms with Crippen LogP contribution in [0.4, 0.5) is 0 Å². The molecule has 2 rings (SSSR count). The van der Waals surface area contributed by atoms with Crippen molar-refractivity contribution in [2.75, 3.05) is 26.7 Å². The second kappa shape index (κ2) is 5.61. The van der Waals surface area contributed by atoms with Gasteiger partial charge in [-0.3, -0.25) is 4.79 Å². The van der Waals surface area contributed by atoms with Gasteiger partial charge in [0, 0.05) is 24.2 Å². The van der Waals surface area contributed by atoms with E-state index in [1.807, 2.05) is 29.2 Å². The van der Waals surface area contributed by atoms with Crippen molar-refractivity contribution in [3.63, 3.8) is 0 Å². The molecule has 1 saturated heterocycles. The molecule has 1 aliphatic rings. The van der Waals surface area contributed by atoms with Gasteiger partial charge in [-0.05, 0) is 51.1 Å². The van der Waals surface area contributed by atoms with Crippen LogP contribution in [0.5, 0.6) is 5.75 Å². The molecule has 1 heterocycles. The van der Waals surface area contributed by atoms with E-state index in [0.717, 1.165) is 37.4 Å². The van der Waals surface area contributed by atoms with Crippen LogP contribution >= 0.6 is 0 Å². The second-order valence-electron chi connectivity index (χ2n) is 5.62. The zero-order valence-corrected chi connectivity index (χ0v) is 11.9. The van der Waals surface area contributed by atoms with E-state index in [-0.39, 0.29) is 11.4 Å². The van der Waals surface area contributed by atoms with Crippen LogP contribution in [0.15, 0.2) is 24.3 Å². The van der Waals surface area contributed by atoms with Gasteiger partial charge in [-0.1, -0.05) is 0 Å². The average molecular weight is 262 g/mol. The molecular weight excluding hydrogens is 240 g/mol. The fourth-order valence-electron chi connectivity index (χ4n) is 2.40. The number of ether oxygens (including phenoxy) is 1. The van der Waals surface area contributed by atoms with Gasteiger partial charge in [-0.15, -0.1) is 0 Å². The van der Waals surface area contributed by atoms with Crippen molar-refractivity contribution in [1.82, 2.24) is 10.2 Å². The predicted octanol–water partition coefficient (Wildman–Crippen LogP) is 1.91. The Kier molecular flexibility index (Phi) is 4.10. The molecule has 0 unspecified atom stereocenters. The van der Waals surface area contributed by atoms with E-state index in [9.17, 15) is 4.79 Å². The van der Waals surface area contributed by atoms with E-state index in [4.69, 9.17) is 4.74 Å². The first-order valence-corrected chi connectivity index (χ1v) is 6.70. The highest BCUT2D eigenvalue weighted by Crippen LogP contribution is 2.16. The van der Waals surface area contributed by atoms with Crippen molar-refractivity contribution in [2.45, 2.75) is 25.8 Å². The molecule has 1 fully saturated rings. The summed E-state index contributed by atoms with van der Waals surface area (Å²) in [5, 5.41) is 3.46. The summed E-state index contributed by atoms with van der Waals surface area (Å²) >= 11 is 0. The summed E-state index contributed by atoms with van der Waals surface area (Å²) in [5.41, 5.74) is 0.692. The third kappa shape index (κ3) is 3.47. The Morgan fingerprint density at radius 2 is 2.00 bits per heavy atom. The van der Waals surface area contributed by atoms with Crippen LogP contribution in [0, 0.1) is 0 Å². The normalized spacial score (nSPS) is 18.8. The summed E-state index contributed by atoms with van der Waals surface area (Å²) in [6, 6.07) is 7.31. The van der Waals surface area contributed by atoms with Crippen LogP contribution in [0.2, 0.25) is 0 Å². The van der Waals surface area contributed by atoms with E-state index in [1.165, 1.54) is 0 Å². The maximum absolute atomic E-state index is 12.5. The minimum Gasteiger partial charge on any atom is -0.497 e. The second-order valence-corrected chi connectivity index (χ2v) is 5.62. The molecule has 0 aliphatic carbocycles. The Balaban J connectivity index is 2.12. The maximum atomic E-state index is 12.5. The fourth-order valence-corrected chi connectivity index (χ4v) is 2.40. The Morgan fingerprint density at radius 3 is 2.63 bits per heavy atom. The Hall–Kier alpha value is -1.55. The van der Waals surface area contributed by atoms with E-state index < -0.39 is 0 Å². The summed E-state index contributed by atoms with van der Waals surface area (Å²) in [6.07, 6.45) is 0.991. The molecule has 0 aromatic heterocycles. The van der Waals surface area contributed by atoms with Crippen molar-refractivity contribution >= 4 is 5.91 Å². The lowest BCUT2D eigenvalue weighted by Crippen LogP contribution is -2.47. The van der Waals surface area contributed by atoms with Gasteiger partial charge in [0.15, 0.2) is 0 Å². The van der Waals surface area contributed by atoms with Crippen LogP contribution < -0.4 is 10.1 Å². The number of hydrogen-bond donors (Lipinski definition) is 1. The van der Waals surface area contributed by atoms with Gasteiger partial charge in [0.05, 0.1) is 7.11 Å². The van der Waals surface area contributed by atoms with Crippen molar-refractivity contribution in [3.05, 3.63) is 29.8 Å². The van der Waals surface area contributed by atoms with Gasteiger partial charge in [0.2, 0.25) is 0 Å². The number of benzene rings is 1. The predicted molar refractivity (Wildman–Crippen MR) is 75.6 cm³/mol. The van der Waals surface area contributed by atoms with Crippen LogP contribution in [0.3, 0.4) is 0 Å². The largest absolute Gasteiger partial charge is 0.497 e. The molecule has 0 spiro atoms. The molecule has 104 valence electrons. The number of carbonyl (C=O) groups excluding carboxylic acids is 1. The number of hydrogen-bond acceptors (Lipinski definition) is 3. The van der Waals surface area contributed by atoms with E-state index in [0.29, 0.717) is 0 Å². The van der Waals surface area contributed by atoms with Crippen LogP contribution in [-0.2, 0) is 0 Å². The van der Waals surface area contributed by atoms with Crippen molar-refractivity contribution in [1.29, 1.82) is 0 Å². The van der Waals surface area contributed by atoms with Crippen molar-refractivity contribution in [2.24, 2.45) is 0 Å². The highest BCUT2D eigenvalue weighted by molar-refractivity contribution is 5.94. The van der Waals surface area contributed by atoms with Crippen LogP contribution in [0.1, 0.15) is 30.6 Å². The molecule has 0 bridgehead atoms. The van der Waals surface area contributed by atoms with Gasteiger partial charge in [0.1, 0.15) is 5.75 Å². The van der Waals surface area contributed by atoms with Crippen LogP contribution in [0.25, 0.3) is 0 Å². The molecule has 19 heavy (non-hydrogen) atoms. The SMILES string of the molecule is COc1ccc(C(=O)N2CCCNC(C)(C)C2)cc1. The monoisotopic (exact) mass is 262 g/mol. The van der Waals surface area contributed by atoms with Crippen LogP contribution in [-0.4, -0.2) is 43.1 Å². The first-order chi connectivity index (χ1) is 9.02. The number of carbonyl (C=O) groups is 1. The lowest BCUT2D eigenvalue weighted by molar-refractivity contribution is 0.0733. The summed E-state index contributed by atoms with van der Waals surface area (Å²) in [6.45, 7) is 6.76. The molecule has 0 radical (unpaired) electrons. The fraction of sp³-hybridized carbons (Fsp3) is 0.533. The Morgan fingerprint density at radius 1 is 1.32 bits per heavy atom. The van der Waals surface area contributed by atoms with Crippen molar-refractivity contribution in [3.8, 4) is 5.75 Å². The smallest absolute Gasteiger partial charge is 0.253 e. The van der Waals surface area contributed by atoms with Gasteiger partial charge < -0.3 is 15.0 Å². The first-order valence-electron chi connectivity index (χ1n) is 6.70. The quantitative estimate of drug-likeness (QED) is 0.885. The molecule has 1 aromatic carbocycles. The minimum absolute atomic E-state index is 0.0291. The molecule has 1 N–H and O–H groups in total. The highest BCUT2D eigenvalue weighted by Gasteiger charge is 2.27. The molecule has 0 saturated carbocycles. The molecule has 4 heteroatoms. The number of amides is 1. The topological polar surface area (TPSA) is 41.6 Å². The number of nitrogens with zero attached hydrogens (tertiary/aromatic N) is 1. The minimum atomic E-state index is -0.0291. The molecule has 1 amide bonds. The Labute approximate surface area is 114 Å². The van der Waals surface area contributed by atoms with E-state index in [2.05, 4.69) is 19.2 Å². The molecule has 1 aromatic rings. The number of rotatable bonds is 2. The van der Waals surface area contributed by atoms with Gasteiger partial charge in [0.25, 0.3) is 5.91 Å². The molecule has 1 aliphatic heterocycles. The standard InChI is InChI=1S/C15H22N2O2/c1-15(2)11-17(10-4-9-16-15)14(18)12-5-7-13(19-3)8-6-12/h5-8,16H,4,9-11H2,1-3H3. The summed E-state index contributed by atoms with van der Waals surface area (Å²) in [5.74, 6) is 0.869. The summed E-state index contributed by atoms with van der Waals surface area (Å²) < 4.78 is 5.11. The number of methoxy groups -OCH3 is 1. The maximum Gasteiger partial charge on any atom is 0.253 e. The number of nitrogens with one attached hydrogen (secondary N) is 1. The van der Waals surface area contributed by atoms with E-state index >= 15 is 0 Å². The average Bonchev–Trinajstić information content (AvgIpc) is 2.59. The molecule has 4 nitrogen and oxygen atoms in total.